The number of aliphatic hydroxyl groups excluding tert-OH is 1. The van der Waals surface area contributed by atoms with Gasteiger partial charge in [0.2, 0.25) is 0 Å². The van der Waals surface area contributed by atoms with E-state index in [1.807, 2.05) is 7.05 Å². The van der Waals surface area contributed by atoms with E-state index in [1.165, 1.54) is 11.6 Å². The first kappa shape index (κ1) is 15.9. The molecule has 1 aliphatic rings. The molecule has 0 radical (unpaired) electrons. The van der Waals surface area contributed by atoms with E-state index in [0.29, 0.717) is 36.7 Å². The van der Waals surface area contributed by atoms with Gasteiger partial charge in [0.05, 0.1) is 12.4 Å². The summed E-state index contributed by atoms with van der Waals surface area (Å²) in [4.78, 5) is 30.5. The van der Waals surface area contributed by atoms with Crippen LogP contribution < -0.4 is 11.2 Å². The van der Waals surface area contributed by atoms with Crippen LogP contribution >= 0.6 is 0 Å². The lowest BCUT2D eigenvalue weighted by molar-refractivity contribution is 0.105. The normalized spacial score (nSPS) is 16.4. The van der Waals surface area contributed by atoms with Gasteiger partial charge in [-0.15, -0.1) is 0 Å². The summed E-state index contributed by atoms with van der Waals surface area (Å²) in [5.41, 5.74) is 0.128. The molecule has 3 rings (SSSR count). The van der Waals surface area contributed by atoms with Gasteiger partial charge in [-0.25, -0.2) is 9.78 Å². The zero-order valence-corrected chi connectivity index (χ0v) is 13.8. The van der Waals surface area contributed by atoms with E-state index in [4.69, 9.17) is 0 Å². The highest BCUT2D eigenvalue weighted by molar-refractivity contribution is 5.69. The molecule has 1 atom stereocenters. The van der Waals surface area contributed by atoms with Crippen molar-refractivity contribution in [1.29, 1.82) is 0 Å². The van der Waals surface area contributed by atoms with Gasteiger partial charge in [0, 0.05) is 33.7 Å². The number of imidazole rings is 1. The Balaban J connectivity index is 1.78. The van der Waals surface area contributed by atoms with Gasteiger partial charge in [-0.2, -0.15) is 0 Å². The molecule has 1 fully saturated rings. The van der Waals surface area contributed by atoms with E-state index < -0.39 is 0 Å². The van der Waals surface area contributed by atoms with Crippen LogP contribution in [-0.4, -0.2) is 54.9 Å². The average molecular weight is 321 g/mol. The quantitative estimate of drug-likeness (QED) is 0.748. The molecule has 2 aromatic heterocycles. The van der Waals surface area contributed by atoms with E-state index in [0.717, 1.165) is 17.4 Å². The van der Waals surface area contributed by atoms with E-state index in [-0.39, 0.29) is 17.4 Å². The number of rotatable bonds is 6. The molecule has 0 spiro atoms. The summed E-state index contributed by atoms with van der Waals surface area (Å²) in [5, 5.41) is 9.98. The van der Waals surface area contributed by atoms with Gasteiger partial charge in [0.15, 0.2) is 11.2 Å². The van der Waals surface area contributed by atoms with Crippen molar-refractivity contribution in [2.45, 2.75) is 25.5 Å². The Bertz CT molecular complexity index is 830. The molecule has 0 aromatic carbocycles. The second-order valence-corrected chi connectivity index (χ2v) is 6.48. The van der Waals surface area contributed by atoms with Crippen LogP contribution in [0.15, 0.2) is 15.9 Å². The van der Waals surface area contributed by atoms with Gasteiger partial charge < -0.3 is 14.6 Å². The standard InChI is InChI=1S/C15H23N5O3/c1-17(8-11(21)10-4-5-10)6-7-20-9-16-13-12(20)14(22)19(3)15(23)18(13)2/h9-11,21H,4-8H2,1-3H3. The lowest BCUT2D eigenvalue weighted by Crippen LogP contribution is -2.38. The lowest BCUT2D eigenvalue weighted by atomic mass is 10.2. The average Bonchev–Trinajstić information content (AvgIpc) is 3.29. The first-order valence-corrected chi connectivity index (χ1v) is 7.87. The molecule has 2 heterocycles. The smallest absolute Gasteiger partial charge is 0.332 e. The number of nitrogens with zero attached hydrogens (tertiary/aromatic N) is 5. The van der Waals surface area contributed by atoms with Gasteiger partial charge in [0.1, 0.15) is 0 Å². The second kappa shape index (κ2) is 5.93. The minimum absolute atomic E-state index is 0.270. The molecule has 8 nitrogen and oxygen atoms in total. The van der Waals surface area contributed by atoms with Crippen molar-refractivity contribution in [1.82, 2.24) is 23.6 Å². The number of fused-ring (bicyclic) bond motifs is 1. The summed E-state index contributed by atoms with van der Waals surface area (Å²) in [7, 11) is 5.04. The molecular formula is C15H23N5O3. The predicted molar refractivity (Wildman–Crippen MR) is 86.4 cm³/mol. The third-order valence-corrected chi connectivity index (χ3v) is 4.60. The van der Waals surface area contributed by atoms with Crippen molar-refractivity contribution < 1.29 is 5.11 Å². The van der Waals surface area contributed by atoms with Gasteiger partial charge in [-0.05, 0) is 25.8 Å². The molecule has 0 bridgehead atoms. The SMILES string of the molecule is CN(CCn1cnc2c1c(=O)n(C)c(=O)n2C)CC(O)C1CC1. The fourth-order valence-corrected chi connectivity index (χ4v) is 2.89. The Hall–Kier alpha value is -1.93. The molecule has 1 N–H and O–H groups in total. The topological polar surface area (TPSA) is 85.3 Å². The Morgan fingerprint density at radius 2 is 2.04 bits per heavy atom. The monoisotopic (exact) mass is 321 g/mol. The largest absolute Gasteiger partial charge is 0.392 e. The number of hydrogen-bond acceptors (Lipinski definition) is 5. The Morgan fingerprint density at radius 1 is 1.35 bits per heavy atom. The molecule has 126 valence electrons. The zero-order valence-electron chi connectivity index (χ0n) is 13.8. The van der Waals surface area contributed by atoms with Gasteiger partial charge in [-0.3, -0.25) is 13.9 Å². The van der Waals surface area contributed by atoms with Crippen LogP contribution in [0.1, 0.15) is 12.8 Å². The summed E-state index contributed by atoms with van der Waals surface area (Å²) >= 11 is 0. The fourth-order valence-electron chi connectivity index (χ4n) is 2.89. The minimum Gasteiger partial charge on any atom is -0.392 e. The van der Waals surface area contributed by atoms with Crippen molar-refractivity contribution in [2.75, 3.05) is 20.1 Å². The highest BCUT2D eigenvalue weighted by Crippen LogP contribution is 2.32. The number of likely N-dealkylation sites (N-methyl/N-ethyl adjacent to an activating group) is 1. The number of hydrogen-bond donors (Lipinski definition) is 1. The van der Waals surface area contributed by atoms with E-state index in [1.54, 1.807) is 17.9 Å². The van der Waals surface area contributed by atoms with Crippen LogP contribution in [0.2, 0.25) is 0 Å². The van der Waals surface area contributed by atoms with E-state index >= 15 is 0 Å². The highest BCUT2D eigenvalue weighted by atomic mass is 16.3. The molecule has 8 heteroatoms. The van der Waals surface area contributed by atoms with Crippen molar-refractivity contribution in [2.24, 2.45) is 20.0 Å². The number of aryl methyl sites for hydroxylation is 1. The third-order valence-electron chi connectivity index (χ3n) is 4.60. The van der Waals surface area contributed by atoms with Crippen LogP contribution in [-0.2, 0) is 20.6 Å². The zero-order chi connectivity index (χ0) is 16.7. The summed E-state index contributed by atoms with van der Waals surface area (Å²) in [5.74, 6) is 0.452. The molecule has 1 unspecified atom stereocenters. The van der Waals surface area contributed by atoms with Crippen LogP contribution in [0, 0.1) is 5.92 Å². The minimum atomic E-state index is -0.377. The fraction of sp³-hybridized carbons (Fsp3) is 0.667. The van der Waals surface area contributed by atoms with E-state index in [2.05, 4.69) is 9.88 Å². The lowest BCUT2D eigenvalue weighted by Gasteiger charge is -2.20. The van der Waals surface area contributed by atoms with Gasteiger partial charge >= 0.3 is 5.69 Å². The predicted octanol–water partition coefficient (Wildman–Crippen LogP) is -0.864. The van der Waals surface area contributed by atoms with Crippen LogP contribution in [0.5, 0.6) is 0 Å². The molecule has 0 amide bonds. The number of aliphatic hydroxyl groups is 1. The summed E-state index contributed by atoms with van der Waals surface area (Å²) in [6, 6.07) is 0. The van der Waals surface area contributed by atoms with E-state index in [9.17, 15) is 14.7 Å². The number of aromatic nitrogens is 4. The Morgan fingerprint density at radius 3 is 2.70 bits per heavy atom. The summed E-state index contributed by atoms with van der Waals surface area (Å²) < 4.78 is 4.26. The first-order chi connectivity index (χ1) is 10.9. The third kappa shape index (κ3) is 2.96. The molecule has 1 aliphatic carbocycles. The van der Waals surface area contributed by atoms with Crippen molar-refractivity contribution in [3.8, 4) is 0 Å². The Kier molecular flexibility index (Phi) is 4.11. The molecule has 23 heavy (non-hydrogen) atoms. The van der Waals surface area contributed by atoms with Crippen molar-refractivity contribution in [3.63, 3.8) is 0 Å². The maximum Gasteiger partial charge on any atom is 0.332 e. The van der Waals surface area contributed by atoms with Crippen LogP contribution in [0.3, 0.4) is 0 Å². The summed E-state index contributed by atoms with van der Waals surface area (Å²) in [6.45, 7) is 1.91. The van der Waals surface area contributed by atoms with Gasteiger partial charge in [-0.1, -0.05) is 0 Å². The molecule has 1 saturated carbocycles. The van der Waals surface area contributed by atoms with Crippen molar-refractivity contribution >= 4 is 11.2 Å². The van der Waals surface area contributed by atoms with Crippen LogP contribution in [0.4, 0.5) is 0 Å². The van der Waals surface area contributed by atoms with Gasteiger partial charge in [0.25, 0.3) is 5.56 Å². The summed E-state index contributed by atoms with van der Waals surface area (Å²) in [6.07, 6.45) is 3.56. The second-order valence-electron chi connectivity index (χ2n) is 6.48. The Labute approximate surface area is 133 Å². The first-order valence-electron chi connectivity index (χ1n) is 7.87. The highest BCUT2D eigenvalue weighted by Gasteiger charge is 2.30. The van der Waals surface area contributed by atoms with Crippen LogP contribution in [0.25, 0.3) is 11.2 Å². The maximum absolute atomic E-state index is 12.3. The molecule has 0 aliphatic heterocycles. The molecular weight excluding hydrogens is 298 g/mol. The van der Waals surface area contributed by atoms with Crippen molar-refractivity contribution in [3.05, 3.63) is 27.2 Å². The molecule has 0 saturated heterocycles. The molecule has 2 aromatic rings. The maximum atomic E-state index is 12.3.